The Labute approximate surface area is 167 Å². The fraction of sp³-hybridized carbons (Fsp3) is 0.500. The van der Waals surface area contributed by atoms with E-state index in [1.807, 2.05) is 30.3 Å². The third kappa shape index (κ3) is 5.92. The number of aliphatic hydroxyl groups is 1. The third-order valence-corrected chi connectivity index (χ3v) is 5.17. The molecule has 1 aromatic heterocycles. The van der Waals surface area contributed by atoms with E-state index < -0.39 is 6.10 Å². The van der Waals surface area contributed by atoms with Gasteiger partial charge in [-0.3, -0.25) is 9.88 Å². The summed E-state index contributed by atoms with van der Waals surface area (Å²) in [5, 5.41) is 10.5. The highest BCUT2D eigenvalue weighted by Gasteiger charge is 2.17. The number of aromatic nitrogens is 1. The fourth-order valence-electron chi connectivity index (χ4n) is 3.55. The third-order valence-electron chi connectivity index (χ3n) is 5.17. The number of methoxy groups -OCH3 is 1. The molecule has 1 atom stereocenters. The number of aliphatic hydroxyl groups excluding tert-OH is 1. The summed E-state index contributed by atoms with van der Waals surface area (Å²) in [5.74, 6) is 1.42. The van der Waals surface area contributed by atoms with Crippen LogP contribution in [0.1, 0.15) is 13.3 Å². The van der Waals surface area contributed by atoms with Gasteiger partial charge in [0, 0.05) is 38.1 Å². The Bertz CT molecular complexity index is 726. The molecule has 2 heterocycles. The highest BCUT2D eigenvalue weighted by atomic mass is 16.5. The Kier molecular flexibility index (Phi) is 7.65. The molecule has 1 fully saturated rings. The van der Waals surface area contributed by atoms with Crippen molar-refractivity contribution in [1.82, 2.24) is 14.8 Å². The van der Waals surface area contributed by atoms with Crippen LogP contribution in [0, 0.1) is 0 Å². The number of pyridine rings is 1. The molecule has 1 aliphatic heterocycles. The molecular formula is C22H31N3O3. The van der Waals surface area contributed by atoms with Crippen molar-refractivity contribution in [2.75, 3.05) is 53.0 Å². The van der Waals surface area contributed by atoms with Crippen LogP contribution in [-0.4, -0.2) is 79.0 Å². The molecule has 0 aliphatic carbocycles. The van der Waals surface area contributed by atoms with Gasteiger partial charge in [0.05, 0.1) is 7.11 Å². The molecule has 0 bridgehead atoms. The maximum Gasteiger partial charge on any atom is 0.123 e. The summed E-state index contributed by atoms with van der Waals surface area (Å²) in [4.78, 5) is 8.85. The van der Waals surface area contributed by atoms with Crippen LogP contribution in [-0.2, 0) is 0 Å². The Balaban J connectivity index is 1.57. The number of nitrogens with zero attached hydrogens (tertiary/aromatic N) is 3. The van der Waals surface area contributed by atoms with Crippen LogP contribution in [0.3, 0.4) is 0 Å². The lowest BCUT2D eigenvalue weighted by Crippen LogP contribution is -2.38. The zero-order valence-corrected chi connectivity index (χ0v) is 16.9. The van der Waals surface area contributed by atoms with Gasteiger partial charge in [0.1, 0.15) is 24.2 Å². The van der Waals surface area contributed by atoms with Gasteiger partial charge >= 0.3 is 0 Å². The number of ether oxygens (including phenoxy) is 2. The van der Waals surface area contributed by atoms with Gasteiger partial charge in [-0.25, -0.2) is 0 Å². The summed E-state index contributed by atoms with van der Waals surface area (Å²) in [7, 11) is 1.64. The van der Waals surface area contributed by atoms with Gasteiger partial charge in [-0.15, -0.1) is 0 Å². The molecule has 152 valence electrons. The Morgan fingerprint density at radius 2 is 1.71 bits per heavy atom. The highest BCUT2D eigenvalue weighted by Crippen LogP contribution is 2.29. The van der Waals surface area contributed by atoms with Gasteiger partial charge < -0.3 is 19.5 Å². The lowest BCUT2D eigenvalue weighted by Gasteiger charge is -2.24. The predicted molar refractivity (Wildman–Crippen MR) is 111 cm³/mol. The molecule has 6 nitrogen and oxygen atoms in total. The minimum absolute atomic E-state index is 0.261. The van der Waals surface area contributed by atoms with E-state index in [1.165, 1.54) is 0 Å². The normalized spacial score (nSPS) is 17.1. The first kappa shape index (κ1) is 20.6. The molecule has 2 aromatic rings. The molecule has 0 amide bonds. The number of β-amino-alcohol motifs (C(OH)–C–C–N with tert-alkyl or cyclic N) is 1. The Morgan fingerprint density at radius 1 is 1.00 bits per heavy atom. The first-order valence-corrected chi connectivity index (χ1v) is 10.0. The van der Waals surface area contributed by atoms with Crippen molar-refractivity contribution in [3.63, 3.8) is 0 Å². The van der Waals surface area contributed by atoms with Crippen molar-refractivity contribution in [2.45, 2.75) is 19.4 Å². The second kappa shape index (κ2) is 10.4. The maximum absolute atomic E-state index is 10.5. The van der Waals surface area contributed by atoms with Gasteiger partial charge in [0.15, 0.2) is 0 Å². The zero-order chi connectivity index (χ0) is 19.8. The van der Waals surface area contributed by atoms with Crippen LogP contribution >= 0.6 is 0 Å². The van der Waals surface area contributed by atoms with Crippen LogP contribution in [0.25, 0.3) is 11.1 Å². The number of benzene rings is 1. The molecule has 1 aromatic carbocycles. The standard InChI is InChI=1S/C22H31N3O3/c1-3-24-9-4-10-25(12-11-24)16-20(26)17-28-22-14-19(13-21(15-22)27-2)18-5-7-23-8-6-18/h5-8,13-15,20,26H,3-4,9-12,16-17H2,1-2H3. The van der Waals surface area contributed by atoms with Crippen molar-refractivity contribution in [1.29, 1.82) is 0 Å². The number of rotatable bonds is 8. The van der Waals surface area contributed by atoms with E-state index in [1.54, 1.807) is 19.5 Å². The lowest BCUT2D eigenvalue weighted by atomic mass is 10.1. The van der Waals surface area contributed by atoms with Crippen molar-refractivity contribution >= 4 is 0 Å². The first-order chi connectivity index (χ1) is 13.7. The molecule has 1 N–H and O–H groups in total. The average molecular weight is 386 g/mol. The molecular weight excluding hydrogens is 354 g/mol. The van der Waals surface area contributed by atoms with E-state index in [4.69, 9.17) is 9.47 Å². The maximum atomic E-state index is 10.5. The summed E-state index contributed by atoms with van der Waals surface area (Å²) < 4.78 is 11.3. The number of hydrogen-bond donors (Lipinski definition) is 1. The summed E-state index contributed by atoms with van der Waals surface area (Å²) in [6, 6.07) is 9.69. The molecule has 0 radical (unpaired) electrons. The smallest absolute Gasteiger partial charge is 0.123 e. The lowest BCUT2D eigenvalue weighted by molar-refractivity contribution is 0.0693. The Morgan fingerprint density at radius 3 is 2.46 bits per heavy atom. The second-order valence-corrected chi connectivity index (χ2v) is 7.19. The fourth-order valence-corrected chi connectivity index (χ4v) is 3.55. The van der Waals surface area contributed by atoms with E-state index >= 15 is 0 Å². The largest absolute Gasteiger partial charge is 0.497 e. The van der Waals surface area contributed by atoms with Gasteiger partial charge in [-0.05, 0) is 61.4 Å². The summed E-state index contributed by atoms with van der Waals surface area (Å²) in [5.41, 5.74) is 2.04. The van der Waals surface area contributed by atoms with Gasteiger partial charge in [-0.2, -0.15) is 0 Å². The molecule has 1 saturated heterocycles. The number of likely N-dealkylation sites (N-methyl/N-ethyl adjacent to an activating group) is 1. The van der Waals surface area contributed by atoms with Crippen LogP contribution in [0.4, 0.5) is 0 Å². The topological polar surface area (TPSA) is 58.1 Å². The van der Waals surface area contributed by atoms with Crippen LogP contribution < -0.4 is 9.47 Å². The summed E-state index contributed by atoms with van der Waals surface area (Å²) in [6.45, 7) is 8.42. The monoisotopic (exact) mass is 385 g/mol. The molecule has 6 heteroatoms. The first-order valence-electron chi connectivity index (χ1n) is 10.0. The average Bonchev–Trinajstić information content (AvgIpc) is 2.97. The van der Waals surface area contributed by atoms with Crippen molar-refractivity contribution in [3.05, 3.63) is 42.7 Å². The second-order valence-electron chi connectivity index (χ2n) is 7.19. The van der Waals surface area contributed by atoms with E-state index in [2.05, 4.69) is 21.7 Å². The van der Waals surface area contributed by atoms with Gasteiger partial charge in [0.2, 0.25) is 0 Å². The van der Waals surface area contributed by atoms with Gasteiger partial charge in [0.25, 0.3) is 0 Å². The summed E-state index contributed by atoms with van der Waals surface area (Å²) in [6.07, 6.45) is 4.15. The van der Waals surface area contributed by atoms with E-state index in [-0.39, 0.29) is 6.61 Å². The number of hydrogen-bond acceptors (Lipinski definition) is 6. The van der Waals surface area contributed by atoms with Crippen LogP contribution in [0.2, 0.25) is 0 Å². The van der Waals surface area contributed by atoms with E-state index in [9.17, 15) is 5.11 Å². The predicted octanol–water partition coefficient (Wildman–Crippen LogP) is 2.52. The molecule has 1 aliphatic rings. The molecule has 0 spiro atoms. The van der Waals surface area contributed by atoms with Crippen LogP contribution in [0.15, 0.2) is 42.7 Å². The molecule has 0 saturated carbocycles. The minimum Gasteiger partial charge on any atom is -0.497 e. The summed E-state index contributed by atoms with van der Waals surface area (Å²) >= 11 is 0. The molecule has 28 heavy (non-hydrogen) atoms. The SMILES string of the molecule is CCN1CCCN(CC(O)COc2cc(OC)cc(-c3ccncc3)c2)CC1. The minimum atomic E-state index is -0.524. The zero-order valence-electron chi connectivity index (χ0n) is 16.9. The van der Waals surface area contributed by atoms with Crippen molar-refractivity contribution < 1.29 is 14.6 Å². The van der Waals surface area contributed by atoms with Crippen LogP contribution in [0.5, 0.6) is 11.5 Å². The van der Waals surface area contributed by atoms with Crippen molar-refractivity contribution in [3.8, 4) is 22.6 Å². The Hall–Kier alpha value is -2.15. The molecule has 1 unspecified atom stereocenters. The quantitative estimate of drug-likeness (QED) is 0.754. The van der Waals surface area contributed by atoms with E-state index in [0.717, 1.165) is 56.0 Å². The van der Waals surface area contributed by atoms with Gasteiger partial charge in [-0.1, -0.05) is 6.92 Å². The highest BCUT2D eigenvalue weighted by molar-refractivity contribution is 5.66. The van der Waals surface area contributed by atoms with E-state index in [0.29, 0.717) is 12.3 Å². The molecule has 3 rings (SSSR count). The van der Waals surface area contributed by atoms with Crippen molar-refractivity contribution in [2.24, 2.45) is 0 Å².